The van der Waals surface area contributed by atoms with E-state index >= 15 is 0 Å². The first-order valence-corrected chi connectivity index (χ1v) is 5.61. The summed E-state index contributed by atoms with van der Waals surface area (Å²) in [6, 6.07) is 0. The van der Waals surface area contributed by atoms with Crippen LogP contribution >= 0.6 is 0 Å². The molecular formula is C13H19N3O. The first-order chi connectivity index (χ1) is 7.91. The maximum absolute atomic E-state index is 11.9. The molecule has 0 atom stereocenters. The van der Waals surface area contributed by atoms with Crippen LogP contribution in [0.3, 0.4) is 0 Å². The zero-order chi connectivity index (χ0) is 13.0. The summed E-state index contributed by atoms with van der Waals surface area (Å²) in [5.41, 5.74) is 7.63. The minimum absolute atomic E-state index is 0.0468. The number of aromatic amines is 1. The normalized spacial score (nSPS) is 11.3. The van der Waals surface area contributed by atoms with Crippen molar-refractivity contribution in [3.63, 3.8) is 0 Å². The van der Waals surface area contributed by atoms with Crippen molar-refractivity contribution < 1.29 is 4.79 Å². The van der Waals surface area contributed by atoms with Crippen LogP contribution in [0.15, 0.2) is 23.3 Å². The Kier molecular flexibility index (Phi) is 4.26. The molecule has 0 aliphatic carbocycles. The van der Waals surface area contributed by atoms with Crippen molar-refractivity contribution in [2.75, 3.05) is 5.73 Å². The van der Waals surface area contributed by atoms with Crippen molar-refractivity contribution in [2.45, 2.75) is 27.2 Å². The molecule has 0 saturated heterocycles. The average Bonchev–Trinajstić information content (AvgIpc) is 2.55. The standard InChI is InChI=1S/C13H19N3O/c1-8(2)5-11(17)10-7-16-13(12(10)14)15-6-9(3)4/h6-8,16H,3,5,14H2,1-2,4H3/b15-6-. The lowest BCUT2D eigenvalue weighted by Crippen LogP contribution is -2.04. The molecule has 1 aromatic heterocycles. The van der Waals surface area contributed by atoms with E-state index in [1.54, 1.807) is 12.4 Å². The maximum Gasteiger partial charge on any atom is 0.166 e. The number of Topliss-reactive ketones (excluding diaryl/α,β-unsaturated/α-hetero) is 1. The van der Waals surface area contributed by atoms with Gasteiger partial charge < -0.3 is 10.7 Å². The van der Waals surface area contributed by atoms with Crippen LogP contribution in [0.1, 0.15) is 37.6 Å². The number of anilines is 1. The second kappa shape index (κ2) is 5.48. The van der Waals surface area contributed by atoms with Crippen LogP contribution in [0, 0.1) is 5.92 Å². The van der Waals surface area contributed by atoms with Crippen molar-refractivity contribution in [3.05, 3.63) is 23.9 Å². The highest BCUT2D eigenvalue weighted by Gasteiger charge is 2.15. The third kappa shape index (κ3) is 3.59. The van der Waals surface area contributed by atoms with E-state index < -0.39 is 0 Å². The van der Waals surface area contributed by atoms with Crippen LogP contribution in [0.2, 0.25) is 0 Å². The number of allylic oxidation sites excluding steroid dienone is 1. The van der Waals surface area contributed by atoms with Gasteiger partial charge in [0.2, 0.25) is 0 Å². The number of carbonyl (C=O) groups is 1. The molecule has 1 rings (SSSR count). The van der Waals surface area contributed by atoms with E-state index in [2.05, 4.69) is 16.6 Å². The number of H-pyrrole nitrogens is 1. The number of hydrogen-bond acceptors (Lipinski definition) is 3. The molecule has 0 saturated carbocycles. The number of hydrogen-bond donors (Lipinski definition) is 2. The minimum atomic E-state index is 0.0468. The lowest BCUT2D eigenvalue weighted by atomic mass is 10.0. The van der Waals surface area contributed by atoms with Gasteiger partial charge in [-0.2, -0.15) is 0 Å². The maximum atomic E-state index is 11.9. The zero-order valence-corrected chi connectivity index (χ0v) is 10.6. The van der Waals surface area contributed by atoms with Crippen LogP contribution in [-0.4, -0.2) is 17.0 Å². The molecule has 0 radical (unpaired) electrons. The van der Waals surface area contributed by atoms with Crippen LogP contribution in [-0.2, 0) is 0 Å². The lowest BCUT2D eigenvalue weighted by Gasteiger charge is -2.02. The number of nitrogens with one attached hydrogen (secondary N) is 1. The molecule has 1 aromatic rings. The zero-order valence-electron chi connectivity index (χ0n) is 10.6. The fourth-order valence-electron chi connectivity index (χ4n) is 1.42. The molecular weight excluding hydrogens is 214 g/mol. The highest BCUT2D eigenvalue weighted by molar-refractivity contribution is 6.03. The molecule has 3 N–H and O–H groups in total. The Morgan fingerprint density at radius 2 is 2.29 bits per heavy atom. The molecule has 4 nitrogen and oxygen atoms in total. The smallest absolute Gasteiger partial charge is 0.166 e. The fraction of sp³-hybridized carbons (Fsp3) is 0.385. The molecule has 0 aromatic carbocycles. The Bertz CT molecular complexity index is 455. The monoisotopic (exact) mass is 233 g/mol. The average molecular weight is 233 g/mol. The predicted octanol–water partition coefficient (Wildman–Crippen LogP) is 3.10. The summed E-state index contributed by atoms with van der Waals surface area (Å²) in [5.74, 6) is 0.879. The van der Waals surface area contributed by atoms with E-state index in [1.807, 2.05) is 20.8 Å². The molecule has 4 heteroatoms. The predicted molar refractivity (Wildman–Crippen MR) is 72.0 cm³/mol. The van der Waals surface area contributed by atoms with E-state index in [0.29, 0.717) is 29.4 Å². The number of carbonyl (C=O) groups excluding carboxylic acids is 1. The molecule has 0 amide bonds. The van der Waals surface area contributed by atoms with E-state index in [-0.39, 0.29) is 5.78 Å². The molecule has 0 aliphatic heterocycles. The Morgan fingerprint density at radius 3 is 2.82 bits per heavy atom. The van der Waals surface area contributed by atoms with Crippen LogP contribution in [0.4, 0.5) is 11.5 Å². The summed E-state index contributed by atoms with van der Waals surface area (Å²) in [6.45, 7) is 9.55. The molecule has 92 valence electrons. The highest BCUT2D eigenvalue weighted by Crippen LogP contribution is 2.26. The molecule has 0 unspecified atom stereocenters. The van der Waals surface area contributed by atoms with E-state index in [4.69, 9.17) is 5.73 Å². The van der Waals surface area contributed by atoms with E-state index in [1.165, 1.54) is 0 Å². The van der Waals surface area contributed by atoms with Crippen LogP contribution in [0.25, 0.3) is 0 Å². The summed E-state index contributed by atoms with van der Waals surface area (Å²) in [5, 5.41) is 0. The summed E-state index contributed by atoms with van der Waals surface area (Å²) in [7, 11) is 0. The van der Waals surface area contributed by atoms with Gasteiger partial charge in [0.1, 0.15) is 0 Å². The van der Waals surface area contributed by atoms with Crippen LogP contribution in [0.5, 0.6) is 0 Å². The Balaban J connectivity index is 2.91. The molecule has 0 fully saturated rings. The fourth-order valence-corrected chi connectivity index (χ4v) is 1.42. The molecule has 1 heterocycles. The van der Waals surface area contributed by atoms with Gasteiger partial charge in [0.25, 0.3) is 0 Å². The number of ketones is 1. The second-order valence-electron chi connectivity index (χ2n) is 4.59. The van der Waals surface area contributed by atoms with E-state index in [0.717, 1.165) is 5.57 Å². The summed E-state index contributed by atoms with van der Waals surface area (Å²) >= 11 is 0. The highest BCUT2D eigenvalue weighted by atomic mass is 16.1. The topological polar surface area (TPSA) is 71.2 Å². The van der Waals surface area contributed by atoms with Gasteiger partial charge >= 0.3 is 0 Å². The summed E-state index contributed by atoms with van der Waals surface area (Å²) < 4.78 is 0. The number of rotatable bonds is 5. The van der Waals surface area contributed by atoms with Crippen molar-refractivity contribution in [3.8, 4) is 0 Å². The SMILES string of the molecule is C=C(C)/C=N\c1[nH]cc(C(=O)CC(C)C)c1N. The Hall–Kier alpha value is -1.84. The minimum Gasteiger partial charge on any atom is -0.395 e. The lowest BCUT2D eigenvalue weighted by molar-refractivity contribution is 0.0969. The van der Waals surface area contributed by atoms with Gasteiger partial charge in [-0.1, -0.05) is 20.4 Å². The molecule has 0 aliphatic rings. The first-order valence-electron chi connectivity index (χ1n) is 5.61. The van der Waals surface area contributed by atoms with Crippen molar-refractivity contribution in [2.24, 2.45) is 10.9 Å². The first kappa shape index (κ1) is 13.2. The number of nitrogens with zero attached hydrogens (tertiary/aromatic N) is 1. The molecule has 0 bridgehead atoms. The Labute approximate surface area is 102 Å². The molecule has 17 heavy (non-hydrogen) atoms. The van der Waals surface area contributed by atoms with Crippen LogP contribution < -0.4 is 5.73 Å². The molecule has 0 spiro atoms. The van der Waals surface area contributed by atoms with Crippen molar-refractivity contribution in [1.82, 2.24) is 4.98 Å². The third-order valence-corrected chi connectivity index (χ3v) is 2.21. The quantitative estimate of drug-likeness (QED) is 0.606. The van der Waals surface area contributed by atoms with Gasteiger partial charge in [-0.25, -0.2) is 4.99 Å². The van der Waals surface area contributed by atoms with Crippen molar-refractivity contribution >= 4 is 23.5 Å². The largest absolute Gasteiger partial charge is 0.395 e. The van der Waals surface area contributed by atoms with Gasteiger partial charge in [0, 0.05) is 18.8 Å². The summed E-state index contributed by atoms with van der Waals surface area (Å²) in [6.07, 6.45) is 3.72. The van der Waals surface area contributed by atoms with E-state index in [9.17, 15) is 4.79 Å². The van der Waals surface area contributed by atoms with Gasteiger partial charge in [-0.05, 0) is 18.4 Å². The number of aliphatic imine (C=N–C) groups is 1. The second-order valence-corrected chi connectivity index (χ2v) is 4.59. The number of nitrogens with two attached hydrogens (primary N) is 1. The number of nitrogen functional groups attached to an aromatic ring is 1. The van der Waals surface area contributed by atoms with Gasteiger partial charge in [-0.3, -0.25) is 4.79 Å². The number of aromatic nitrogens is 1. The Morgan fingerprint density at radius 1 is 1.65 bits per heavy atom. The van der Waals surface area contributed by atoms with Crippen molar-refractivity contribution in [1.29, 1.82) is 0 Å². The summed E-state index contributed by atoms with van der Waals surface area (Å²) in [4.78, 5) is 18.9. The van der Waals surface area contributed by atoms with Gasteiger partial charge in [-0.15, -0.1) is 0 Å². The third-order valence-electron chi connectivity index (χ3n) is 2.21. The van der Waals surface area contributed by atoms with Gasteiger partial charge in [0.15, 0.2) is 11.6 Å². The van der Waals surface area contributed by atoms with Gasteiger partial charge in [0.05, 0.1) is 11.3 Å².